The van der Waals surface area contributed by atoms with Crippen molar-refractivity contribution in [3.63, 3.8) is 0 Å². The molecule has 0 fully saturated rings. The number of hydrogen-bond donors (Lipinski definition) is 1. The second-order valence-corrected chi connectivity index (χ2v) is 4.66. The van der Waals surface area contributed by atoms with E-state index >= 15 is 0 Å². The predicted molar refractivity (Wildman–Crippen MR) is 70.1 cm³/mol. The van der Waals surface area contributed by atoms with E-state index in [1.807, 2.05) is 7.05 Å². The highest BCUT2D eigenvalue weighted by molar-refractivity contribution is 5.29. The lowest BCUT2D eigenvalue weighted by atomic mass is 9.98. The van der Waals surface area contributed by atoms with Gasteiger partial charge in [0.15, 0.2) is 0 Å². The van der Waals surface area contributed by atoms with Crippen molar-refractivity contribution in [2.24, 2.45) is 0 Å². The molecule has 0 amide bonds. The highest BCUT2D eigenvalue weighted by Crippen LogP contribution is 2.20. The Morgan fingerprint density at radius 3 is 2.82 bits per heavy atom. The minimum atomic E-state index is 0.471. The fraction of sp³-hybridized carbons (Fsp3) is 0.571. The molecule has 0 aliphatic carbocycles. The Hall–Kier alpha value is -0.900. The molecule has 94 valence electrons. The summed E-state index contributed by atoms with van der Waals surface area (Å²) in [4.78, 5) is 2.52. The standard InChI is InChI=1S/C14H22N2O/c1-15-9-14(11-17-2)16-8-7-12-5-3-4-6-13(12)10-16/h3-6,14-15H,7-11H2,1-2H3. The van der Waals surface area contributed by atoms with Gasteiger partial charge in [-0.2, -0.15) is 0 Å². The van der Waals surface area contributed by atoms with E-state index in [2.05, 4.69) is 34.5 Å². The Morgan fingerprint density at radius 1 is 1.35 bits per heavy atom. The van der Waals surface area contributed by atoms with Crippen molar-refractivity contribution in [3.8, 4) is 0 Å². The Balaban J connectivity index is 2.04. The number of nitrogens with one attached hydrogen (secondary N) is 1. The molecule has 3 heteroatoms. The normalized spacial score (nSPS) is 17.8. The van der Waals surface area contributed by atoms with Gasteiger partial charge in [0.1, 0.15) is 0 Å². The van der Waals surface area contributed by atoms with Gasteiger partial charge in [0.05, 0.1) is 6.61 Å². The number of methoxy groups -OCH3 is 1. The summed E-state index contributed by atoms with van der Waals surface area (Å²) in [5.74, 6) is 0. The lowest BCUT2D eigenvalue weighted by molar-refractivity contribution is 0.0818. The van der Waals surface area contributed by atoms with Crippen molar-refractivity contribution < 1.29 is 4.74 Å². The summed E-state index contributed by atoms with van der Waals surface area (Å²) in [7, 11) is 3.78. The second-order valence-electron chi connectivity index (χ2n) is 4.66. The molecule has 1 aliphatic rings. The number of likely N-dealkylation sites (N-methyl/N-ethyl adjacent to an activating group) is 1. The molecule has 1 aromatic carbocycles. The largest absolute Gasteiger partial charge is 0.383 e. The van der Waals surface area contributed by atoms with Gasteiger partial charge in [-0.15, -0.1) is 0 Å². The maximum absolute atomic E-state index is 5.32. The van der Waals surface area contributed by atoms with Gasteiger partial charge < -0.3 is 10.1 Å². The molecule has 17 heavy (non-hydrogen) atoms. The number of hydrogen-bond acceptors (Lipinski definition) is 3. The van der Waals surface area contributed by atoms with E-state index in [4.69, 9.17) is 4.74 Å². The zero-order valence-electron chi connectivity index (χ0n) is 10.8. The minimum absolute atomic E-state index is 0.471. The SMILES string of the molecule is CNCC(COC)N1CCc2ccccc2C1. The first-order valence-corrected chi connectivity index (χ1v) is 6.29. The van der Waals surface area contributed by atoms with Crippen LogP contribution in [0.2, 0.25) is 0 Å². The molecule has 0 saturated carbocycles. The van der Waals surface area contributed by atoms with E-state index in [0.717, 1.165) is 32.7 Å². The van der Waals surface area contributed by atoms with Crippen molar-refractivity contribution in [1.82, 2.24) is 10.2 Å². The maximum atomic E-state index is 5.32. The van der Waals surface area contributed by atoms with E-state index in [0.29, 0.717) is 6.04 Å². The Bertz CT molecular complexity index is 348. The predicted octanol–water partition coefficient (Wildman–Crippen LogP) is 1.28. The van der Waals surface area contributed by atoms with Crippen LogP contribution in [0.15, 0.2) is 24.3 Å². The third-order valence-corrected chi connectivity index (χ3v) is 3.48. The highest BCUT2D eigenvalue weighted by Gasteiger charge is 2.22. The monoisotopic (exact) mass is 234 g/mol. The van der Waals surface area contributed by atoms with Crippen molar-refractivity contribution >= 4 is 0 Å². The van der Waals surface area contributed by atoms with Crippen LogP contribution in [-0.4, -0.2) is 44.8 Å². The van der Waals surface area contributed by atoms with Crippen LogP contribution in [-0.2, 0) is 17.7 Å². The van der Waals surface area contributed by atoms with Gasteiger partial charge in [-0.05, 0) is 24.6 Å². The maximum Gasteiger partial charge on any atom is 0.0630 e. The van der Waals surface area contributed by atoms with Gasteiger partial charge in [0.25, 0.3) is 0 Å². The molecule has 1 atom stereocenters. The van der Waals surface area contributed by atoms with Crippen LogP contribution in [0, 0.1) is 0 Å². The summed E-state index contributed by atoms with van der Waals surface area (Å²) in [5.41, 5.74) is 2.97. The first-order valence-electron chi connectivity index (χ1n) is 6.29. The zero-order valence-corrected chi connectivity index (χ0v) is 10.8. The molecule has 0 spiro atoms. The number of fused-ring (bicyclic) bond motifs is 1. The fourth-order valence-electron chi connectivity index (χ4n) is 2.55. The van der Waals surface area contributed by atoms with Crippen LogP contribution in [0.4, 0.5) is 0 Å². The van der Waals surface area contributed by atoms with Crippen LogP contribution in [0.1, 0.15) is 11.1 Å². The van der Waals surface area contributed by atoms with E-state index in [1.54, 1.807) is 7.11 Å². The highest BCUT2D eigenvalue weighted by atomic mass is 16.5. The second kappa shape index (κ2) is 6.15. The van der Waals surface area contributed by atoms with Gasteiger partial charge in [-0.3, -0.25) is 4.90 Å². The molecule has 0 radical (unpaired) electrons. The van der Waals surface area contributed by atoms with E-state index < -0.39 is 0 Å². The molecule has 1 heterocycles. The van der Waals surface area contributed by atoms with E-state index in [-0.39, 0.29) is 0 Å². The van der Waals surface area contributed by atoms with Gasteiger partial charge in [-0.25, -0.2) is 0 Å². The van der Waals surface area contributed by atoms with Crippen molar-refractivity contribution in [2.75, 3.05) is 33.9 Å². The Morgan fingerprint density at radius 2 is 2.12 bits per heavy atom. The summed E-state index contributed by atoms with van der Waals surface area (Å²) in [6.45, 7) is 3.96. The summed E-state index contributed by atoms with van der Waals surface area (Å²) in [5, 5.41) is 3.25. The van der Waals surface area contributed by atoms with Crippen molar-refractivity contribution in [2.45, 2.75) is 19.0 Å². The lowest BCUT2D eigenvalue weighted by Crippen LogP contribution is -2.46. The average Bonchev–Trinajstić information content (AvgIpc) is 2.38. The van der Waals surface area contributed by atoms with Crippen LogP contribution in [0.5, 0.6) is 0 Å². The summed E-state index contributed by atoms with van der Waals surface area (Å²) >= 11 is 0. The number of nitrogens with zero attached hydrogens (tertiary/aromatic N) is 1. The Labute approximate surface area is 104 Å². The van der Waals surface area contributed by atoms with Crippen LogP contribution < -0.4 is 5.32 Å². The summed E-state index contributed by atoms with van der Waals surface area (Å²) in [6.07, 6.45) is 1.15. The van der Waals surface area contributed by atoms with Crippen molar-refractivity contribution in [1.29, 1.82) is 0 Å². The minimum Gasteiger partial charge on any atom is -0.383 e. The molecule has 0 bridgehead atoms. The third kappa shape index (κ3) is 3.06. The first-order chi connectivity index (χ1) is 8.35. The summed E-state index contributed by atoms with van der Waals surface area (Å²) in [6, 6.07) is 9.22. The third-order valence-electron chi connectivity index (χ3n) is 3.48. The van der Waals surface area contributed by atoms with Gasteiger partial charge in [0.2, 0.25) is 0 Å². The van der Waals surface area contributed by atoms with E-state index in [1.165, 1.54) is 11.1 Å². The topological polar surface area (TPSA) is 24.5 Å². The molecule has 1 N–H and O–H groups in total. The Kier molecular flexibility index (Phi) is 4.54. The molecule has 0 saturated heterocycles. The van der Waals surface area contributed by atoms with Gasteiger partial charge in [-0.1, -0.05) is 24.3 Å². The number of benzene rings is 1. The quantitative estimate of drug-likeness (QED) is 0.830. The van der Waals surface area contributed by atoms with Gasteiger partial charge >= 0.3 is 0 Å². The molecular formula is C14H22N2O. The zero-order chi connectivity index (χ0) is 12.1. The summed E-state index contributed by atoms with van der Waals surface area (Å²) < 4.78 is 5.32. The first kappa shape index (κ1) is 12.6. The molecular weight excluding hydrogens is 212 g/mol. The fourth-order valence-corrected chi connectivity index (χ4v) is 2.55. The lowest BCUT2D eigenvalue weighted by Gasteiger charge is -2.35. The molecule has 2 rings (SSSR count). The van der Waals surface area contributed by atoms with Crippen LogP contribution >= 0.6 is 0 Å². The van der Waals surface area contributed by atoms with E-state index in [9.17, 15) is 0 Å². The number of ether oxygens (including phenoxy) is 1. The molecule has 1 aromatic rings. The average molecular weight is 234 g/mol. The smallest absolute Gasteiger partial charge is 0.0630 e. The molecule has 0 aromatic heterocycles. The van der Waals surface area contributed by atoms with Crippen LogP contribution in [0.3, 0.4) is 0 Å². The molecule has 1 aliphatic heterocycles. The number of rotatable bonds is 5. The molecule has 1 unspecified atom stereocenters. The van der Waals surface area contributed by atoms with Crippen LogP contribution in [0.25, 0.3) is 0 Å². The van der Waals surface area contributed by atoms with Gasteiger partial charge in [0, 0.05) is 32.8 Å². The molecule has 3 nitrogen and oxygen atoms in total. The van der Waals surface area contributed by atoms with Crippen molar-refractivity contribution in [3.05, 3.63) is 35.4 Å².